The lowest BCUT2D eigenvalue weighted by Crippen LogP contribution is -1.72. The van der Waals surface area contributed by atoms with Crippen LogP contribution in [0.5, 0.6) is 0 Å². The summed E-state index contributed by atoms with van der Waals surface area (Å²) in [5, 5.41) is 10.8. The normalized spacial score (nSPS) is 10.5. The Morgan fingerprint density at radius 1 is 1.38 bits per heavy atom. The Morgan fingerprint density at radius 2 is 2.08 bits per heavy atom. The van der Waals surface area contributed by atoms with Crippen LogP contribution in [0.2, 0.25) is 5.02 Å². The fourth-order valence-electron chi connectivity index (χ4n) is 1.20. The number of hydrogen-bond donors (Lipinski definition) is 1. The van der Waals surface area contributed by atoms with Crippen molar-refractivity contribution in [2.75, 3.05) is 0 Å². The summed E-state index contributed by atoms with van der Waals surface area (Å²) in [6.07, 6.45) is 0. The van der Waals surface area contributed by atoms with Gasteiger partial charge in [0.1, 0.15) is 5.76 Å². The van der Waals surface area contributed by atoms with Crippen molar-refractivity contribution >= 4 is 38.8 Å². The minimum atomic E-state index is 0.0335. The Hall–Kier alpha value is -0.990. The molecule has 13 heavy (non-hydrogen) atoms. The molecule has 3 heteroatoms. The molecule has 0 aliphatic carbocycles. The molecule has 1 heterocycles. The van der Waals surface area contributed by atoms with Gasteiger partial charge in [0, 0.05) is 10.1 Å². The van der Waals surface area contributed by atoms with E-state index in [0.717, 1.165) is 10.1 Å². The number of hydrogen-bond acceptors (Lipinski definition) is 2. The molecule has 0 fully saturated rings. The lowest BCUT2D eigenvalue weighted by molar-refractivity contribution is 0.516. The van der Waals surface area contributed by atoms with Gasteiger partial charge in [-0.05, 0) is 6.07 Å². The van der Waals surface area contributed by atoms with Crippen molar-refractivity contribution in [3.05, 3.63) is 40.7 Å². The average molecular weight is 211 g/mol. The van der Waals surface area contributed by atoms with Crippen molar-refractivity contribution < 1.29 is 5.11 Å². The molecule has 2 rings (SSSR count). The largest absolute Gasteiger partial charge is 0.507 e. The monoisotopic (exact) mass is 210 g/mol. The van der Waals surface area contributed by atoms with Gasteiger partial charge in [-0.15, -0.1) is 11.3 Å². The molecule has 0 aliphatic heterocycles. The van der Waals surface area contributed by atoms with Crippen molar-refractivity contribution in [2.24, 2.45) is 0 Å². The van der Waals surface area contributed by atoms with E-state index in [1.807, 2.05) is 24.3 Å². The fourth-order valence-corrected chi connectivity index (χ4v) is 2.61. The topological polar surface area (TPSA) is 20.2 Å². The SMILES string of the molecule is C=C(O)c1sc2ccccc2c1Cl. The van der Waals surface area contributed by atoms with E-state index in [9.17, 15) is 5.11 Å². The Bertz CT molecular complexity index is 473. The second-order valence-electron chi connectivity index (χ2n) is 2.69. The maximum Gasteiger partial charge on any atom is 0.127 e. The summed E-state index contributed by atoms with van der Waals surface area (Å²) in [6.45, 7) is 3.46. The minimum Gasteiger partial charge on any atom is -0.507 e. The number of rotatable bonds is 1. The molecule has 0 bridgehead atoms. The van der Waals surface area contributed by atoms with Crippen molar-refractivity contribution in [3.8, 4) is 0 Å². The van der Waals surface area contributed by atoms with Gasteiger partial charge < -0.3 is 5.11 Å². The fraction of sp³-hybridized carbons (Fsp3) is 0. The van der Waals surface area contributed by atoms with Crippen LogP contribution in [-0.2, 0) is 0 Å². The Labute approximate surface area is 84.9 Å². The van der Waals surface area contributed by atoms with Crippen LogP contribution in [0.4, 0.5) is 0 Å². The second-order valence-corrected chi connectivity index (χ2v) is 4.12. The standard InChI is InChI=1S/C10H7ClOS/c1-6(12)10-9(11)7-4-2-3-5-8(7)13-10/h2-5,12H,1H2. The zero-order chi connectivity index (χ0) is 9.42. The molecule has 0 amide bonds. The maximum atomic E-state index is 9.24. The van der Waals surface area contributed by atoms with Gasteiger partial charge in [-0.25, -0.2) is 0 Å². The van der Waals surface area contributed by atoms with E-state index in [-0.39, 0.29) is 5.76 Å². The van der Waals surface area contributed by atoms with E-state index in [4.69, 9.17) is 11.6 Å². The number of fused-ring (bicyclic) bond motifs is 1. The van der Waals surface area contributed by atoms with E-state index in [0.29, 0.717) is 9.90 Å². The zero-order valence-corrected chi connectivity index (χ0v) is 8.32. The van der Waals surface area contributed by atoms with Crippen LogP contribution in [0.15, 0.2) is 30.8 Å². The molecule has 1 nitrogen and oxygen atoms in total. The molecule has 0 unspecified atom stereocenters. The van der Waals surface area contributed by atoms with Crippen molar-refractivity contribution in [1.29, 1.82) is 0 Å². The Kier molecular flexibility index (Phi) is 2.02. The molecule has 1 aromatic carbocycles. The predicted octanol–water partition coefficient (Wildman–Crippen LogP) is 4.08. The van der Waals surface area contributed by atoms with Crippen molar-refractivity contribution in [3.63, 3.8) is 0 Å². The first-order valence-corrected chi connectivity index (χ1v) is 4.95. The van der Waals surface area contributed by atoms with Crippen LogP contribution >= 0.6 is 22.9 Å². The van der Waals surface area contributed by atoms with Gasteiger partial charge in [0.15, 0.2) is 0 Å². The zero-order valence-electron chi connectivity index (χ0n) is 6.75. The van der Waals surface area contributed by atoms with Crippen LogP contribution < -0.4 is 0 Å². The highest BCUT2D eigenvalue weighted by Crippen LogP contribution is 2.37. The first kappa shape index (κ1) is 8.60. The highest BCUT2D eigenvalue weighted by Gasteiger charge is 2.10. The van der Waals surface area contributed by atoms with E-state index in [1.54, 1.807) is 0 Å². The first-order valence-electron chi connectivity index (χ1n) is 3.75. The number of benzene rings is 1. The third kappa shape index (κ3) is 1.32. The van der Waals surface area contributed by atoms with Gasteiger partial charge in [0.25, 0.3) is 0 Å². The minimum absolute atomic E-state index is 0.0335. The highest BCUT2D eigenvalue weighted by molar-refractivity contribution is 7.20. The van der Waals surface area contributed by atoms with Crippen LogP contribution in [-0.4, -0.2) is 5.11 Å². The van der Waals surface area contributed by atoms with Gasteiger partial charge in [0.2, 0.25) is 0 Å². The molecular weight excluding hydrogens is 204 g/mol. The van der Waals surface area contributed by atoms with E-state index >= 15 is 0 Å². The maximum absolute atomic E-state index is 9.24. The first-order chi connectivity index (χ1) is 6.20. The molecule has 0 saturated carbocycles. The Morgan fingerprint density at radius 3 is 2.69 bits per heavy atom. The van der Waals surface area contributed by atoms with Crippen molar-refractivity contribution in [2.45, 2.75) is 0 Å². The van der Waals surface area contributed by atoms with Crippen LogP contribution in [0.1, 0.15) is 4.88 Å². The van der Waals surface area contributed by atoms with E-state index in [1.165, 1.54) is 11.3 Å². The summed E-state index contributed by atoms with van der Waals surface area (Å²) in [4.78, 5) is 0.655. The highest BCUT2D eigenvalue weighted by atomic mass is 35.5. The van der Waals surface area contributed by atoms with E-state index in [2.05, 4.69) is 6.58 Å². The van der Waals surface area contributed by atoms with Gasteiger partial charge >= 0.3 is 0 Å². The molecule has 1 N–H and O–H groups in total. The number of halogens is 1. The summed E-state index contributed by atoms with van der Waals surface area (Å²) in [6, 6.07) is 7.77. The molecule has 0 saturated heterocycles. The third-order valence-electron chi connectivity index (χ3n) is 1.80. The molecule has 2 aromatic rings. The molecular formula is C10H7ClOS. The molecule has 1 aromatic heterocycles. The lowest BCUT2D eigenvalue weighted by Gasteiger charge is -1.91. The predicted molar refractivity (Wildman–Crippen MR) is 58.5 cm³/mol. The second kappa shape index (κ2) is 3.05. The quantitative estimate of drug-likeness (QED) is 0.704. The smallest absolute Gasteiger partial charge is 0.127 e. The van der Waals surface area contributed by atoms with Gasteiger partial charge in [-0.1, -0.05) is 36.4 Å². The molecule has 0 atom stereocenters. The van der Waals surface area contributed by atoms with Crippen LogP contribution in [0, 0.1) is 0 Å². The third-order valence-corrected chi connectivity index (χ3v) is 3.52. The van der Waals surface area contributed by atoms with Gasteiger partial charge in [-0.2, -0.15) is 0 Å². The average Bonchev–Trinajstić information content (AvgIpc) is 2.45. The molecule has 0 radical (unpaired) electrons. The molecule has 0 spiro atoms. The summed E-state index contributed by atoms with van der Waals surface area (Å²) in [5.74, 6) is 0.0335. The lowest BCUT2D eigenvalue weighted by atomic mass is 10.2. The Balaban J connectivity index is 2.81. The molecule has 66 valence electrons. The van der Waals surface area contributed by atoms with Gasteiger partial charge in [0.05, 0.1) is 9.90 Å². The summed E-state index contributed by atoms with van der Waals surface area (Å²) < 4.78 is 1.07. The summed E-state index contributed by atoms with van der Waals surface area (Å²) >= 11 is 7.49. The number of thiophene rings is 1. The van der Waals surface area contributed by atoms with Crippen LogP contribution in [0.25, 0.3) is 15.8 Å². The summed E-state index contributed by atoms with van der Waals surface area (Å²) in [5.41, 5.74) is 0. The number of aliphatic hydroxyl groups excluding tert-OH is 1. The number of aliphatic hydroxyl groups is 1. The summed E-state index contributed by atoms with van der Waals surface area (Å²) in [7, 11) is 0. The van der Waals surface area contributed by atoms with Crippen molar-refractivity contribution in [1.82, 2.24) is 0 Å². The molecule has 0 aliphatic rings. The van der Waals surface area contributed by atoms with E-state index < -0.39 is 0 Å². The van der Waals surface area contributed by atoms with Gasteiger partial charge in [-0.3, -0.25) is 0 Å². The van der Waals surface area contributed by atoms with Crippen LogP contribution in [0.3, 0.4) is 0 Å².